The molecule has 0 spiro atoms. The van der Waals surface area contributed by atoms with Gasteiger partial charge in [-0.1, -0.05) is 208 Å². The van der Waals surface area contributed by atoms with E-state index in [-0.39, 0.29) is 5.41 Å². The summed E-state index contributed by atoms with van der Waals surface area (Å²) in [5, 5.41) is 7.45. The van der Waals surface area contributed by atoms with E-state index in [0.29, 0.717) is 0 Å². The Labute approximate surface area is 375 Å². The highest BCUT2D eigenvalue weighted by Crippen LogP contribution is 2.53. The lowest BCUT2D eigenvalue weighted by atomic mass is 9.82. The zero-order valence-corrected chi connectivity index (χ0v) is 36.0. The second kappa shape index (κ2) is 15.1. The van der Waals surface area contributed by atoms with Gasteiger partial charge in [0, 0.05) is 22.4 Å². The fraction of sp³-hybridized carbons (Fsp3) is 0.0476. The standard InChI is InChI=1S/C63H45N/c1-63(2)59-25-13-12-23-55(59)56-38-37-51(41-60(56)63)64(50-35-33-46(34-36-50)45-29-27-44(28-30-45)42-15-4-3-5-16-42)61-26-14-24-57(62(61)49-32-31-43-17-6-7-18-47(43)39-49)58-40-48-19-8-9-20-52(48)53-21-10-11-22-54(53)58/h3-41H,1-2H3. The van der Waals surface area contributed by atoms with Crippen LogP contribution >= 0.6 is 0 Å². The van der Waals surface area contributed by atoms with Gasteiger partial charge >= 0.3 is 0 Å². The minimum absolute atomic E-state index is 0.156. The van der Waals surface area contributed by atoms with E-state index in [0.717, 1.165) is 17.1 Å². The number of rotatable bonds is 7. The molecule has 0 fully saturated rings. The van der Waals surface area contributed by atoms with Crippen molar-refractivity contribution >= 4 is 49.4 Å². The Hall–Kier alpha value is -8.00. The summed E-state index contributed by atoms with van der Waals surface area (Å²) in [5.41, 5.74) is 18.1. The quantitative estimate of drug-likeness (QED) is 0.145. The molecule has 0 amide bonds. The summed E-state index contributed by atoms with van der Waals surface area (Å²) in [6.45, 7) is 4.74. The van der Waals surface area contributed by atoms with Crippen LogP contribution in [0, 0.1) is 0 Å². The zero-order chi connectivity index (χ0) is 42.8. The molecule has 1 aliphatic carbocycles. The molecule has 0 atom stereocenters. The third-order valence-corrected chi connectivity index (χ3v) is 13.7. The molecule has 11 aromatic carbocycles. The monoisotopic (exact) mass is 815 g/mol. The molecule has 1 heteroatoms. The van der Waals surface area contributed by atoms with E-state index in [4.69, 9.17) is 0 Å². The Bertz CT molecular complexity index is 3560. The van der Waals surface area contributed by atoms with Crippen LogP contribution in [0.3, 0.4) is 0 Å². The molecule has 1 aliphatic rings. The van der Waals surface area contributed by atoms with Crippen LogP contribution in [0.1, 0.15) is 25.0 Å². The van der Waals surface area contributed by atoms with E-state index in [2.05, 4.69) is 255 Å². The van der Waals surface area contributed by atoms with Gasteiger partial charge in [-0.3, -0.25) is 0 Å². The maximum absolute atomic E-state index is 2.50. The van der Waals surface area contributed by atoms with Crippen LogP contribution in [0.4, 0.5) is 17.1 Å². The first kappa shape index (κ1) is 37.7. The van der Waals surface area contributed by atoms with Crippen LogP contribution in [-0.4, -0.2) is 0 Å². The Kier molecular flexibility index (Phi) is 8.91. The number of hydrogen-bond donors (Lipinski definition) is 0. The molecule has 64 heavy (non-hydrogen) atoms. The minimum Gasteiger partial charge on any atom is -0.310 e. The average molecular weight is 816 g/mol. The van der Waals surface area contributed by atoms with Gasteiger partial charge in [0.1, 0.15) is 0 Å². The fourth-order valence-electron chi connectivity index (χ4n) is 10.4. The summed E-state index contributed by atoms with van der Waals surface area (Å²) in [5.74, 6) is 0. The van der Waals surface area contributed by atoms with Gasteiger partial charge in [-0.2, -0.15) is 0 Å². The number of anilines is 3. The predicted octanol–water partition coefficient (Wildman–Crippen LogP) is 17.6. The van der Waals surface area contributed by atoms with Gasteiger partial charge in [-0.05, 0) is 136 Å². The van der Waals surface area contributed by atoms with Gasteiger partial charge < -0.3 is 4.90 Å². The SMILES string of the molecule is CC1(C)c2ccccc2-c2ccc(N(c3ccc(-c4ccc(-c5ccccc5)cc4)cc3)c3cccc(-c4cc5ccccc5c5ccccc45)c3-c3ccc4ccccc4c3)cc21. The third-order valence-electron chi connectivity index (χ3n) is 13.7. The molecule has 0 heterocycles. The van der Waals surface area contributed by atoms with Gasteiger partial charge in [0.25, 0.3) is 0 Å². The van der Waals surface area contributed by atoms with E-state index in [9.17, 15) is 0 Å². The maximum Gasteiger partial charge on any atom is 0.0546 e. The average Bonchev–Trinajstić information content (AvgIpc) is 3.59. The first-order valence-electron chi connectivity index (χ1n) is 22.3. The first-order chi connectivity index (χ1) is 31.5. The minimum atomic E-state index is -0.156. The van der Waals surface area contributed by atoms with Crippen molar-refractivity contribution in [2.24, 2.45) is 0 Å². The lowest BCUT2D eigenvalue weighted by Crippen LogP contribution is -2.17. The summed E-state index contributed by atoms with van der Waals surface area (Å²) < 4.78 is 0. The van der Waals surface area contributed by atoms with Gasteiger partial charge in [0.2, 0.25) is 0 Å². The largest absolute Gasteiger partial charge is 0.310 e. The third kappa shape index (κ3) is 6.23. The van der Waals surface area contributed by atoms with Crippen LogP contribution in [-0.2, 0) is 5.41 Å². The van der Waals surface area contributed by atoms with Crippen LogP contribution < -0.4 is 4.90 Å². The zero-order valence-electron chi connectivity index (χ0n) is 36.0. The number of benzene rings is 11. The highest BCUT2D eigenvalue weighted by atomic mass is 15.1. The fourth-order valence-corrected chi connectivity index (χ4v) is 10.4. The normalized spacial score (nSPS) is 12.7. The highest BCUT2D eigenvalue weighted by Gasteiger charge is 2.36. The molecular formula is C63H45N. The van der Waals surface area contributed by atoms with E-state index >= 15 is 0 Å². The van der Waals surface area contributed by atoms with Crippen molar-refractivity contribution < 1.29 is 0 Å². The van der Waals surface area contributed by atoms with Gasteiger partial charge in [0.05, 0.1) is 5.69 Å². The van der Waals surface area contributed by atoms with Crippen LogP contribution in [0.25, 0.3) is 88.0 Å². The van der Waals surface area contributed by atoms with E-state index < -0.39 is 0 Å². The molecule has 0 saturated heterocycles. The molecule has 0 bridgehead atoms. The van der Waals surface area contributed by atoms with Crippen molar-refractivity contribution in [1.29, 1.82) is 0 Å². The molecule has 11 aromatic rings. The molecule has 1 nitrogen and oxygen atoms in total. The van der Waals surface area contributed by atoms with Gasteiger partial charge in [-0.25, -0.2) is 0 Å². The molecule has 0 unspecified atom stereocenters. The number of fused-ring (bicyclic) bond motifs is 7. The summed E-state index contributed by atoms with van der Waals surface area (Å²) in [4.78, 5) is 2.50. The summed E-state index contributed by atoms with van der Waals surface area (Å²) in [6, 6.07) is 87.4. The second-order valence-electron chi connectivity index (χ2n) is 17.7. The lowest BCUT2D eigenvalue weighted by Gasteiger charge is -2.31. The van der Waals surface area contributed by atoms with Crippen molar-refractivity contribution in [3.8, 4) is 55.6 Å². The Morgan fingerprint density at radius 3 is 1.61 bits per heavy atom. The van der Waals surface area contributed by atoms with Crippen LogP contribution in [0.2, 0.25) is 0 Å². The topological polar surface area (TPSA) is 3.24 Å². The van der Waals surface area contributed by atoms with Crippen molar-refractivity contribution in [1.82, 2.24) is 0 Å². The molecule has 302 valence electrons. The van der Waals surface area contributed by atoms with Crippen molar-refractivity contribution in [3.63, 3.8) is 0 Å². The summed E-state index contributed by atoms with van der Waals surface area (Å²) in [6.07, 6.45) is 0. The Morgan fingerprint density at radius 1 is 0.297 bits per heavy atom. The smallest absolute Gasteiger partial charge is 0.0546 e. The molecule has 0 radical (unpaired) electrons. The highest BCUT2D eigenvalue weighted by molar-refractivity contribution is 6.16. The van der Waals surface area contributed by atoms with Crippen molar-refractivity contribution in [3.05, 3.63) is 248 Å². The van der Waals surface area contributed by atoms with Crippen LogP contribution in [0.15, 0.2) is 237 Å². The van der Waals surface area contributed by atoms with E-state index in [1.54, 1.807) is 0 Å². The molecule has 0 saturated carbocycles. The number of hydrogen-bond acceptors (Lipinski definition) is 1. The van der Waals surface area contributed by atoms with E-state index in [1.165, 1.54) is 99.1 Å². The summed E-state index contributed by atoms with van der Waals surface area (Å²) >= 11 is 0. The second-order valence-corrected chi connectivity index (χ2v) is 17.7. The molecule has 12 rings (SSSR count). The predicted molar refractivity (Wildman–Crippen MR) is 273 cm³/mol. The Morgan fingerprint density at radius 2 is 0.844 bits per heavy atom. The number of nitrogens with zero attached hydrogens (tertiary/aromatic N) is 1. The van der Waals surface area contributed by atoms with Gasteiger partial charge in [0.15, 0.2) is 0 Å². The molecular weight excluding hydrogens is 771 g/mol. The van der Waals surface area contributed by atoms with E-state index in [1.807, 2.05) is 0 Å². The summed E-state index contributed by atoms with van der Waals surface area (Å²) in [7, 11) is 0. The molecule has 0 aromatic heterocycles. The maximum atomic E-state index is 2.50. The molecule has 0 aliphatic heterocycles. The van der Waals surface area contributed by atoms with Gasteiger partial charge in [-0.15, -0.1) is 0 Å². The first-order valence-corrected chi connectivity index (χ1v) is 22.3. The molecule has 0 N–H and O–H groups in total. The van der Waals surface area contributed by atoms with Crippen molar-refractivity contribution in [2.45, 2.75) is 19.3 Å². The van der Waals surface area contributed by atoms with Crippen LogP contribution in [0.5, 0.6) is 0 Å². The lowest BCUT2D eigenvalue weighted by molar-refractivity contribution is 0.660. The Balaban J connectivity index is 1.10. The van der Waals surface area contributed by atoms with Crippen molar-refractivity contribution in [2.75, 3.05) is 4.90 Å².